The van der Waals surface area contributed by atoms with Crippen LogP contribution < -0.4 is 15.5 Å². The van der Waals surface area contributed by atoms with Gasteiger partial charge in [-0.15, -0.1) is 0 Å². The molecule has 0 fully saturated rings. The first-order valence-electron chi connectivity index (χ1n) is 14.7. The summed E-state index contributed by atoms with van der Waals surface area (Å²) in [6, 6.07) is 20.5. The van der Waals surface area contributed by atoms with Crippen LogP contribution in [-0.4, -0.2) is 58.0 Å². The van der Waals surface area contributed by atoms with Crippen LogP contribution in [0.15, 0.2) is 75.6 Å². The number of furan rings is 1. The number of amides is 2. The summed E-state index contributed by atoms with van der Waals surface area (Å²) in [6.07, 6.45) is 0.273. The number of benzene rings is 3. The second-order valence-corrected chi connectivity index (χ2v) is 12.7. The number of aliphatic hydroxyl groups excluding tert-OH is 3. The first-order valence-corrected chi connectivity index (χ1v) is 15.5. The zero-order valence-electron chi connectivity index (χ0n) is 24.8. The van der Waals surface area contributed by atoms with E-state index in [1.54, 1.807) is 4.90 Å². The number of fused-ring (bicyclic) bond motifs is 2. The van der Waals surface area contributed by atoms with Gasteiger partial charge in [-0.2, -0.15) is 0 Å². The van der Waals surface area contributed by atoms with Crippen molar-refractivity contribution in [3.05, 3.63) is 87.9 Å². The van der Waals surface area contributed by atoms with Gasteiger partial charge in [-0.1, -0.05) is 48.5 Å². The van der Waals surface area contributed by atoms with Gasteiger partial charge in [0.1, 0.15) is 17.4 Å². The Bertz CT molecular complexity index is 1650. The van der Waals surface area contributed by atoms with Crippen LogP contribution >= 0.6 is 15.9 Å². The van der Waals surface area contributed by atoms with Crippen molar-refractivity contribution < 1.29 is 29.3 Å². The number of β-amino-alcohol motifs (C(OH)–C–C–N with tert-alkyl or cyclic N) is 1. The minimum Gasteiger partial charge on any atom is -0.455 e. The number of carbonyl (C=O) groups is 2. The predicted molar refractivity (Wildman–Crippen MR) is 173 cm³/mol. The number of carbonyl (C=O) groups excluding carboxylic acids is 2. The summed E-state index contributed by atoms with van der Waals surface area (Å²) >= 11 is 3.71. The molecule has 2 atom stereocenters. The van der Waals surface area contributed by atoms with Crippen molar-refractivity contribution >= 4 is 44.4 Å². The molecule has 232 valence electrons. The third-order valence-corrected chi connectivity index (χ3v) is 8.77. The van der Waals surface area contributed by atoms with E-state index in [0.29, 0.717) is 30.7 Å². The van der Waals surface area contributed by atoms with Gasteiger partial charge in [0.05, 0.1) is 30.3 Å². The van der Waals surface area contributed by atoms with Crippen molar-refractivity contribution in [2.24, 2.45) is 0 Å². The fourth-order valence-electron chi connectivity index (χ4n) is 5.63. The average Bonchev–Trinajstić information content (AvgIpc) is 3.28. The van der Waals surface area contributed by atoms with Crippen molar-refractivity contribution in [1.29, 1.82) is 0 Å². The molecule has 5 rings (SSSR count). The molecule has 5 N–H and O–H groups in total. The van der Waals surface area contributed by atoms with Crippen LogP contribution in [0.25, 0.3) is 22.3 Å². The van der Waals surface area contributed by atoms with Crippen LogP contribution in [-0.2, 0) is 29.2 Å². The van der Waals surface area contributed by atoms with Crippen molar-refractivity contribution in [2.75, 3.05) is 18.1 Å². The van der Waals surface area contributed by atoms with E-state index in [2.05, 4.69) is 26.6 Å². The molecule has 0 saturated heterocycles. The van der Waals surface area contributed by atoms with Gasteiger partial charge in [0.15, 0.2) is 0 Å². The van der Waals surface area contributed by atoms with Crippen molar-refractivity contribution in [2.45, 2.75) is 63.9 Å². The summed E-state index contributed by atoms with van der Waals surface area (Å²) in [5.41, 5.74) is 4.33. The lowest BCUT2D eigenvalue weighted by Crippen LogP contribution is -2.51. The van der Waals surface area contributed by atoms with E-state index in [0.717, 1.165) is 37.8 Å². The topological polar surface area (TPSA) is 135 Å². The Morgan fingerprint density at radius 1 is 1.11 bits per heavy atom. The highest BCUT2D eigenvalue weighted by Gasteiger charge is 2.33. The molecule has 0 spiro atoms. The Hall–Kier alpha value is -3.54. The minimum atomic E-state index is -0.919. The van der Waals surface area contributed by atoms with Crippen LogP contribution in [0.5, 0.6) is 0 Å². The van der Waals surface area contributed by atoms with E-state index in [-0.39, 0.29) is 38.0 Å². The molecular weight excluding hydrogens is 626 g/mol. The number of rotatable bonds is 11. The van der Waals surface area contributed by atoms with E-state index >= 15 is 0 Å². The van der Waals surface area contributed by atoms with E-state index in [1.165, 1.54) is 0 Å². The lowest BCUT2D eigenvalue weighted by molar-refractivity contribution is -0.128. The van der Waals surface area contributed by atoms with E-state index in [9.17, 15) is 19.8 Å². The Balaban J connectivity index is 1.39. The Labute approximate surface area is 265 Å². The highest BCUT2D eigenvalue weighted by atomic mass is 79.9. The molecule has 2 heterocycles. The van der Waals surface area contributed by atoms with Gasteiger partial charge in [-0.05, 0) is 77.5 Å². The number of aliphatic hydroxyl groups is 3. The maximum Gasteiger partial charge on any atom is 0.249 e. The molecule has 0 saturated carbocycles. The number of halogens is 1. The molecule has 2 amide bonds. The third kappa shape index (κ3) is 7.06. The van der Waals surface area contributed by atoms with Gasteiger partial charge in [0, 0.05) is 35.1 Å². The quantitative estimate of drug-likeness (QED) is 0.160. The van der Waals surface area contributed by atoms with Crippen LogP contribution in [0.4, 0.5) is 5.69 Å². The summed E-state index contributed by atoms with van der Waals surface area (Å²) in [6.45, 7) is 3.64. The molecule has 0 radical (unpaired) electrons. The normalized spacial score (nSPS) is 16.1. The fraction of sp³-hybridized carbons (Fsp3) is 0.353. The van der Waals surface area contributed by atoms with Gasteiger partial charge in [0.25, 0.3) is 0 Å². The summed E-state index contributed by atoms with van der Waals surface area (Å²) in [4.78, 5) is 28.9. The molecule has 44 heavy (non-hydrogen) atoms. The molecular formula is C34H38BrN3O6. The number of nitrogens with zero attached hydrogens (tertiary/aromatic N) is 1. The Morgan fingerprint density at radius 3 is 2.64 bits per heavy atom. The molecule has 0 unspecified atom stereocenters. The molecule has 0 bridgehead atoms. The standard InChI is InChI=1S/C34H38BrN3O6/c1-34(2,36-17-24(41)20-40)16-30(42)37-27-13-12-22-7-4-6-10-28(22)38(33(27)43)18-21-11-14-29-26(15-21)31(35)32(44-29)25-9-5-3-8-23(25)19-39/h3-11,14-15,24,27,36,39-41H,12-13,16-20H2,1-2H3,(H,37,42)/t24-,27+/m0/s1. The molecule has 4 aromatic rings. The number of hydrogen-bond donors (Lipinski definition) is 5. The largest absolute Gasteiger partial charge is 0.455 e. The van der Waals surface area contributed by atoms with Crippen molar-refractivity contribution in [3.63, 3.8) is 0 Å². The average molecular weight is 665 g/mol. The van der Waals surface area contributed by atoms with Crippen LogP contribution in [0.1, 0.15) is 43.4 Å². The number of nitrogens with one attached hydrogen (secondary N) is 2. The zero-order valence-corrected chi connectivity index (χ0v) is 26.4. The summed E-state index contributed by atoms with van der Waals surface area (Å²) in [7, 11) is 0. The lowest BCUT2D eigenvalue weighted by Gasteiger charge is -2.29. The monoisotopic (exact) mass is 663 g/mol. The SMILES string of the molecule is CC(C)(CC(=O)N[C@@H]1CCc2ccccc2N(Cc2ccc3oc(-c4ccccc4CO)c(Br)c3c2)C1=O)NC[C@H](O)CO. The molecule has 1 aliphatic rings. The van der Waals surface area contributed by atoms with E-state index in [4.69, 9.17) is 9.52 Å². The van der Waals surface area contributed by atoms with Crippen LogP contribution in [0.2, 0.25) is 0 Å². The van der Waals surface area contributed by atoms with Gasteiger partial charge >= 0.3 is 0 Å². The first-order chi connectivity index (χ1) is 21.1. The number of hydrogen-bond acceptors (Lipinski definition) is 7. The lowest BCUT2D eigenvalue weighted by atomic mass is 9.99. The maximum atomic E-state index is 14.0. The molecule has 0 aliphatic carbocycles. The fourth-order valence-corrected chi connectivity index (χ4v) is 6.23. The Morgan fingerprint density at radius 2 is 1.86 bits per heavy atom. The van der Waals surface area contributed by atoms with Crippen LogP contribution in [0, 0.1) is 0 Å². The number of para-hydroxylation sites is 1. The maximum absolute atomic E-state index is 14.0. The van der Waals surface area contributed by atoms with Crippen molar-refractivity contribution in [3.8, 4) is 11.3 Å². The molecule has 1 aromatic heterocycles. The zero-order chi connectivity index (χ0) is 31.4. The van der Waals surface area contributed by atoms with Gasteiger partial charge in [-0.25, -0.2) is 0 Å². The van der Waals surface area contributed by atoms with Gasteiger partial charge in [0.2, 0.25) is 11.8 Å². The highest BCUT2D eigenvalue weighted by molar-refractivity contribution is 9.10. The third-order valence-electron chi connectivity index (χ3n) is 7.98. The van der Waals surface area contributed by atoms with Gasteiger partial charge in [-0.3, -0.25) is 9.59 Å². The minimum absolute atomic E-state index is 0.0921. The first kappa shape index (κ1) is 31.9. The molecule has 10 heteroatoms. The van der Waals surface area contributed by atoms with Crippen molar-refractivity contribution in [1.82, 2.24) is 10.6 Å². The summed E-state index contributed by atoms with van der Waals surface area (Å²) in [5, 5.41) is 35.5. The van der Waals surface area contributed by atoms with Crippen LogP contribution in [0.3, 0.4) is 0 Å². The number of aryl methyl sites for hydroxylation is 1. The van der Waals surface area contributed by atoms with E-state index < -0.39 is 17.7 Å². The second kappa shape index (κ2) is 13.6. The molecule has 3 aromatic carbocycles. The highest BCUT2D eigenvalue weighted by Crippen LogP contribution is 2.40. The van der Waals surface area contributed by atoms with E-state index in [1.807, 2.05) is 80.6 Å². The summed E-state index contributed by atoms with van der Waals surface area (Å²) in [5.74, 6) is 0.169. The second-order valence-electron chi connectivity index (χ2n) is 11.9. The number of anilines is 1. The van der Waals surface area contributed by atoms with Gasteiger partial charge < -0.3 is 35.3 Å². The summed E-state index contributed by atoms with van der Waals surface area (Å²) < 4.78 is 6.96. The molecule has 9 nitrogen and oxygen atoms in total. The Kier molecular flexibility index (Phi) is 9.87. The molecule has 1 aliphatic heterocycles. The smallest absolute Gasteiger partial charge is 0.249 e. The predicted octanol–water partition coefficient (Wildman–Crippen LogP) is 4.43.